The molecule has 27 heavy (non-hydrogen) atoms. The molecular formula is C17H18ClN3O4S2. The number of rotatable bonds is 6. The second-order valence-electron chi connectivity index (χ2n) is 6.01. The van der Waals surface area contributed by atoms with Crippen LogP contribution in [0.2, 0.25) is 5.02 Å². The number of benzene rings is 2. The third-order valence-electron chi connectivity index (χ3n) is 4.13. The summed E-state index contributed by atoms with van der Waals surface area (Å²) < 4.78 is 52.5. The molecule has 7 nitrogen and oxygen atoms in total. The predicted molar refractivity (Wildman–Crippen MR) is 107 cm³/mol. The first kappa shape index (κ1) is 19.7. The smallest absolute Gasteiger partial charge is 0.265 e. The molecule has 0 atom stereocenters. The Bertz CT molecular complexity index is 1180. The summed E-state index contributed by atoms with van der Waals surface area (Å²) >= 11 is 6.26. The summed E-state index contributed by atoms with van der Waals surface area (Å²) in [5.41, 5.74) is 0.936. The third-order valence-corrected chi connectivity index (χ3v) is 7.44. The largest absolute Gasteiger partial charge is 0.360 e. The number of nitrogens with zero attached hydrogens (tertiary/aromatic N) is 2. The molecule has 1 heterocycles. The van der Waals surface area contributed by atoms with E-state index in [1.165, 1.54) is 19.2 Å². The van der Waals surface area contributed by atoms with E-state index in [4.69, 9.17) is 11.6 Å². The standard InChI is InChI=1S/C17H18ClN3O4S2/c1-20(26(2,22)23)12-21(27(24,25)13-7-4-3-5-8-13)16-10-6-9-15-17(16)14(18)11-19-15/h3-11,19H,12H2,1-2H3. The Morgan fingerprint density at radius 2 is 1.67 bits per heavy atom. The summed E-state index contributed by atoms with van der Waals surface area (Å²) in [5.74, 6) is 0. The molecule has 144 valence electrons. The van der Waals surface area contributed by atoms with Gasteiger partial charge in [0, 0.05) is 24.1 Å². The SMILES string of the molecule is CN(CN(c1cccc2[nH]cc(Cl)c12)S(=O)(=O)c1ccccc1)S(C)(=O)=O. The molecule has 1 N–H and O–H groups in total. The van der Waals surface area contributed by atoms with E-state index in [2.05, 4.69) is 4.98 Å². The van der Waals surface area contributed by atoms with Crippen LogP contribution in [0.3, 0.4) is 0 Å². The Labute approximate surface area is 163 Å². The minimum atomic E-state index is -4.04. The van der Waals surface area contributed by atoms with Crippen molar-refractivity contribution >= 4 is 48.2 Å². The van der Waals surface area contributed by atoms with Crippen LogP contribution in [-0.4, -0.2) is 46.1 Å². The van der Waals surface area contributed by atoms with Gasteiger partial charge in [0.25, 0.3) is 10.0 Å². The number of hydrogen-bond donors (Lipinski definition) is 1. The molecule has 0 aliphatic carbocycles. The Morgan fingerprint density at radius 3 is 2.30 bits per heavy atom. The lowest BCUT2D eigenvalue weighted by molar-refractivity contribution is 0.481. The molecule has 0 bridgehead atoms. The van der Waals surface area contributed by atoms with Crippen molar-refractivity contribution in [3.63, 3.8) is 0 Å². The van der Waals surface area contributed by atoms with Crippen LogP contribution >= 0.6 is 11.6 Å². The number of hydrogen-bond acceptors (Lipinski definition) is 4. The minimum Gasteiger partial charge on any atom is -0.360 e. The zero-order valence-corrected chi connectivity index (χ0v) is 17.0. The number of aromatic amines is 1. The third kappa shape index (κ3) is 3.81. The first-order chi connectivity index (χ1) is 12.6. The molecule has 10 heteroatoms. The van der Waals surface area contributed by atoms with Crippen molar-refractivity contribution in [2.75, 3.05) is 24.3 Å². The lowest BCUT2D eigenvalue weighted by Crippen LogP contribution is -2.42. The van der Waals surface area contributed by atoms with Gasteiger partial charge in [-0.1, -0.05) is 35.9 Å². The van der Waals surface area contributed by atoms with Crippen molar-refractivity contribution in [1.29, 1.82) is 0 Å². The number of nitrogens with one attached hydrogen (secondary N) is 1. The van der Waals surface area contributed by atoms with E-state index in [-0.39, 0.29) is 10.6 Å². The highest BCUT2D eigenvalue weighted by molar-refractivity contribution is 7.93. The average Bonchev–Trinajstić information content (AvgIpc) is 3.01. The molecule has 0 aliphatic rings. The molecular weight excluding hydrogens is 410 g/mol. The van der Waals surface area contributed by atoms with E-state index in [1.807, 2.05) is 0 Å². The average molecular weight is 428 g/mol. The van der Waals surface area contributed by atoms with Crippen LogP contribution in [0, 0.1) is 0 Å². The molecule has 0 fully saturated rings. The van der Waals surface area contributed by atoms with Crippen LogP contribution in [0.5, 0.6) is 0 Å². The molecule has 1 aromatic heterocycles. The van der Waals surface area contributed by atoms with Gasteiger partial charge >= 0.3 is 0 Å². The normalized spacial score (nSPS) is 12.6. The van der Waals surface area contributed by atoms with Crippen LogP contribution in [-0.2, 0) is 20.0 Å². The molecule has 0 saturated heterocycles. The maximum Gasteiger partial charge on any atom is 0.265 e. The van der Waals surface area contributed by atoms with E-state index >= 15 is 0 Å². The van der Waals surface area contributed by atoms with Crippen molar-refractivity contribution < 1.29 is 16.8 Å². The lowest BCUT2D eigenvalue weighted by Gasteiger charge is -2.28. The summed E-state index contributed by atoms with van der Waals surface area (Å²) in [7, 11) is -6.33. The maximum absolute atomic E-state index is 13.3. The zero-order chi connectivity index (χ0) is 19.8. The van der Waals surface area contributed by atoms with Gasteiger partial charge in [-0.3, -0.25) is 4.31 Å². The monoisotopic (exact) mass is 427 g/mol. The van der Waals surface area contributed by atoms with Crippen molar-refractivity contribution in [1.82, 2.24) is 9.29 Å². The van der Waals surface area contributed by atoms with Crippen molar-refractivity contribution in [2.24, 2.45) is 0 Å². The summed E-state index contributed by atoms with van der Waals surface area (Å²) in [6.07, 6.45) is 2.58. The quantitative estimate of drug-likeness (QED) is 0.612. The number of sulfonamides is 2. The Balaban J connectivity index is 2.23. The number of fused-ring (bicyclic) bond motifs is 1. The molecule has 0 unspecified atom stereocenters. The van der Waals surface area contributed by atoms with Crippen LogP contribution in [0.25, 0.3) is 10.9 Å². The first-order valence-corrected chi connectivity index (χ1v) is 11.5. The van der Waals surface area contributed by atoms with Crippen LogP contribution < -0.4 is 4.31 Å². The lowest BCUT2D eigenvalue weighted by atomic mass is 10.2. The topological polar surface area (TPSA) is 90.6 Å². The van der Waals surface area contributed by atoms with Gasteiger partial charge in [0.1, 0.15) is 0 Å². The van der Waals surface area contributed by atoms with Gasteiger partial charge < -0.3 is 4.98 Å². The van der Waals surface area contributed by atoms with Gasteiger partial charge in [-0.15, -0.1) is 0 Å². The molecule has 0 amide bonds. The second kappa shape index (κ2) is 7.16. The Morgan fingerprint density at radius 1 is 1.00 bits per heavy atom. The van der Waals surface area contributed by atoms with Gasteiger partial charge in [-0.25, -0.2) is 16.8 Å². The van der Waals surface area contributed by atoms with Gasteiger partial charge in [0.2, 0.25) is 10.0 Å². The van der Waals surface area contributed by atoms with Gasteiger partial charge in [-0.2, -0.15) is 4.31 Å². The number of anilines is 1. The fourth-order valence-corrected chi connectivity index (χ4v) is 4.76. The van der Waals surface area contributed by atoms with Crippen LogP contribution in [0.1, 0.15) is 0 Å². The van der Waals surface area contributed by atoms with E-state index in [0.717, 1.165) is 14.9 Å². The highest BCUT2D eigenvalue weighted by Gasteiger charge is 2.30. The number of H-pyrrole nitrogens is 1. The molecule has 2 aromatic carbocycles. The Hall–Kier alpha value is -2.07. The summed E-state index contributed by atoms with van der Waals surface area (Å²) in [6, 6.07) is 12.9. The van der Waals surface area contributed by atoms with E-state index in [9.17, 15) is 16.8 Å². The highest BCUT2D eigenvalue weighted by Crippen LogP contribution is 2.35. The predicted octanol–water partition coefficient (Wildman–Crippen LogP) is 2.87. The first-order valence-electron chi connectivity index (χ1n) is 7.87. The van der Waals surface area contributed by atoms with Crippen LogP contribution in [0.4, 0.5) is 5.69 Å². The zero-order valence-electron chi connectivity index (χ0n) is 14.6. The number of halogens is 1. The second-order valence-corrected chi connectivity index (χ2v) is 10.4. The van der Waals surface area contributed by atoms with E-state index in [0.29, 0.717) is 15.9 Å². The Kier molecular flexibility index (Phi) is 5.22. The van der Waals surface area contributed by atoms with E-state index < -0.39 is 26.7 Å². The van der Waals surface area contributed by atoms with Crippen molar-refractivity contribution in [3.8, 4) is 0 Å². The van der Waals surface area contributed by atoms with Crippen molar-refractivity contribution in [2.45, 2.75) is 4.90 Å². The molecule has 0 saturated carbocycles. The molecule has 0 aliphatic heterocycles. The highest BCUT2D eigenvalue weighted by atomic mass is 35.5. The summed E-state index contributed by atoms with van der Waals surface area (Å²) in [4.78, 5) is 3.02. The number of aromatic nitrogens is 1. The fourth-order valence-electron chi connectivity index (χ4n) is 2.62. The molecule has 0 spiro atoms. The van der Waals surface area contributed by atoms with Crippen molar-refractivity contribution in [3.05, 3.63) is 59.8 Å². The fraction of sp³-hybridized carbons (Fsp3) is 0.176. The van der Waals surface area contributed by atoms with E-state index in [1.54, 1.807) is 42.6 Å². The van der Waals surface area contributed by atoms with Gasteiger partial charge in [0.05, 0.1) is 28.5 Å². The molecule has 3 aromatic rings. The summed E-state index contributed by atoms with van der Waals surface area (Å²) in [6.45, 7) is -0.392. The minimum absolute atomic E-state index is 0.0514. The van der Waals surface area contributed by atoms with Gasteiger partial charge in [-0.05, 0) is 24.3 Å². The summed E-state index contributed by atoms with van der Waals surface area (Å²) in [5, 5.41) is 0.844. The molecule has 0 radical (unpaired) electrons. The van der Waals surface area contributed by atoms with Gasteiger partial charge in [0.15, 0.2) is 0 Å². The van der Waals surface area contributed by atoms with Crippen LogP contribution in [0.15, 0.2) is 59.6 Å². The maximum atomic E-state index is 13.3. The molecule has 3 rings (SSSR count).